The summed E-state index contributed by atoms with van der Waals surface area (Å²) in [6.07, 6.45) is 0.972. The van der Waals surface area contributed by atoms with Crippen LogP contribution in [-0.2, 0) is 4.79 Å². The van der Waals surface area contributed by atoms with E-state index in [2.05, 4.69) is 16.0 Å². The van der Waals surface area contributed by atoms with Crippen LogP contribution in [0, 0.1) is 0 Å². The molecule has 0 radical (unpaired) electrons. The van der Waals surface area contributed by atoms with E-state index in [9.17, 15) is 19.5 Å². The molecule has 7 nitrogen and oxygen atoms in total. The molecule has 0 fully saturated rings. The predicted octanol–water partition coefficient (Wildman–Crippen LogP) is 2.59. The number of carboxylic acids is 1. The lowest BCUT2D eigenvalue weighted by Gasteiger charge is -2.25. The first-order valence-corrected chi connectivity index (χ1v) is 7.91. The van der Waals surface area contributed by atoms with Crippen LogP contribution < -0.4 is 16.0 Å². The third-order valence-corrected chi connectivity index (χ3v) is 3.44. The fraction of sp³-hybridized carbons (Fsp3) is 0.471. The minimum Gasteiger partial charge on any atom is -0.480 e. The summed E-state index contributed by atoms with van der Waals surface area (Å²) >= 11 is 0. The molecule has 3 amide bonds. The van der Waals surface area contributed by atoms with Crippen molar-refractivity contribution >= 4 is 23.6 Å². The molecule has 0 aromatic heterocycles. The topological polar surface area (TPSA) is 108 Å². The molecule has 1 aromatic rings. The second kappa shape index (κ2) is 8.33. The zero-order valence-corrected chi connectivity index (χ0v) is 14.5. The van der Waals surface area contributed by atoms with Crippen molar-refractivity contribution in [3.8, 4) is 0 Å². The Morgan fingerprint density at radius 1 is 1.17 bits per heavy atom. The Morgan fingerprint density at radius 2 is 1.75 bits per heavy atom. The number of aliphatic carboxylic acids is 1. The van der Waals surface area contributed by atoms with Crippen molar-refractivity contribution in [2.24, 2.45) is 0 Å². The maximum atomic E-state index is 12.2. The zero-order chi connectivity index (χ0) is 18.3. The van der Waals surface area contributed by atoms with Gasteiger partial charge in [0.05, 0.1) is 0 Å². The normalized spacial score (nSPS) is 13.0. The van der Waals surface area contributed by atoms with E-state index >= 15 is 0 Å². The molecule has 0 spiro atoms. The van der Waals surface area contributed by atoms with Gasteiger partial charge in [-0.15, -0.1) is 0 Å². The van der Waals surface area contributed by atoms with Gasteiger partial charge in [0.15, 0.2) is 0 Å². The Bertz CT molecular complexity index is 598. The number of carboxylic acid groups (broad SMARTS) is 1. The van der Waals surface area contributed by atoms with Crippen molar-refractivity contribution in [1.82, 2.24) is 10.6 Å². The number of rotatable bonds is 7. The minimum atomic E-state index is -1.31. The number of carbonyl (C=O) groups is 3. The Kier molecular flexibility index (Phi) is 6.76. The summed E-state index contributed by atoms with van der Waals surface area (Å²) in [5.74, 6) is -1.53. The highest BCUT2D eigenvalue weighted by Gasteiger charge is 2.33. The number of nitrogens with one attached hydrogen (secondary N) is 3. The van der Waals surface area contributed by atoms with Crippen LogP contribution in [0.15, 0.2) is 24.3 Å². The highest BCUT2D eigenvalue weighted by Crippen LogP contribution is 2.15. The SMILES string of the molecule is CCCC(C)(NC(=O)c1ccc(NC(=O)NC(C)C)cc1)C(=O)O. The standard InChI is InChI=1S/C17H25N3O4/c1-5-10-17(4,15(22)23)20-14(21)12-6-8-13(9-7-12)19-16(24)18-11(2)3/h6-9,11H,5,10H2,1-4H3,(H,20,21)(H,22,23)(H2,18,19,24). The summed E-state index contributed by atoms with van der Waals surface area (Å²) in [6.45, 7) is 7.05. The fourth-order valence-corrected chi connectivity index (χ4v) is 2.18. The predicted molar refractivity (Wildman–Crippen MR) is 92.1 cm³/mol. The largest absolute Gasteiger partial charge is 0.480 e. The highest BCUT2D eigenvalue weighted by molar-refractivity contribution is 5.98. The van der Waals surface area contributed by atoms with Crippen molar-refractivity contribution in [2.75, 3.05) is 5.32 Å². The van der Waals surface area contributed by atoms with Gasteiger partial charge in [-0.05, 0) is 51.5 Å². The summed E-state index contributed by atoms with van der Waals surface area (Å²) < 4.78 is 0. The van der Waals surface area contributed by atoms with Gasteiger partial charge in [-0.3, -0.25) is 4.79 Å². The van der Waals surface area contributed by atoms with Crippen LogP contribution in [0.25, 0.3) is 0 Å². The number of benzene rings is 1. The quantitative estimate of drug-likeness (QED) is 0.614. The smallest absolute Gasteiger partial charge is 0.329 e. The van der Waals surface area contributed by atoms with Gasteiger partial charge in [0.1, 0.15) is 5.54 Å². The summed E-state index contributed by atoms with van der Waals surface area (Å²) in [4.78, 5) is 35.2. The minimum absolute atomic E-state index is 0.0160. The van der Waals surface area contributed by atoms with Gasteiger partial charge in [0.2, 0.25) is 0 Å². The van der Waals surface area contributed by atoms with Gasteiger partial charge < -0.3 is 21.1 Å². The number of hydrogen-bond acceptors (Lipinski definition) is 3. The van der Waals surface area contributed by atoms with Crippen molar-refractivity contribution in [3.63, 3.8) is 0 Å². The molecule has 7 heteroatoms. The third-order valence-electron chi connectivity index (χ3n) is 3.44. The van der Waals surface area contributed by atoms with E-state index in [0.717, 1.165) is 0 Å². The maximum absolute atomic E-state index is 12.2. The fourth-order valence-electron chi connectivity index (χ4n) is 2.18. The van der Waals surface area contributed by atoms with Gasteiger partial charge in [-0.2, -0.15) is 0 Å². The molecule has 0 saturated heterocycles. The van der Waals surface area contributed by atoms with Gasteiger partial charge in [0.25, 0.3) is 5.91 Å². The van der Waals surface area contributed by atoms with Crippen molar-refractivity contribution in [2.45, 2.75) is 52.1 Å². The first kappa shape index (κ1) is 19.5. The van der Waals surface area contributed by atoms with E-state index < -0.39 is 17.4 Å². The summed E-state index contributed by atoms with van der Waals surface area (Å²) in [7, 11) is 0. The van der Waals surface area contributed by atoms with Crippen LogP contribution in [0.2, 0.25) is 0 Å². The first-order valence-electron chi connectivity index (χ1n) is 7.91. The molecule has 1 unspecified atom stereocenters. The lowest BCUT2D eigenvalue weighted by atomic mass is 9.95. The molecule has 132 valence electrons. The molecule has 0 aliphatic carbocycles. The van der Waals surface area contributed by atoms with Gasteiger partial charge >= 0.3 is 12.0 Å². The number of hydrogen-bond donors (Lipinski definition) is 4. The van der Waals surface area contributed by atoms with Crippen LogP contribution >= 0.6 is 0 Å². The van der Waals surface area contributed by atoms with Crippen LogP contribution in [0.4, 0.5) is 10.5 Å². The molecule has 0 aliphatic rings. The van der Waals surface area contributed by atoms with Crippen LogP contribution in [0.5, 0.6) is 0 Å². The van der Waals surface area contributed by atoms with E-state index in [1.165, 1.54) is 19.1 Å². The van der Waals surface area contributed by atoms with Crippen molar-refractivity contribution in [1.29, 1.82) is 0 Å². The Balaban J connectivity index is 2.76. The van der Waals surface area contributed by atoms with E-state index in [1.807, 2.05) is 20.8 Å². The van der Waals surface area contributed by atoms with E-state index in [-0.39, 0.29) is 12.1 Å². The number of carbonyl (C=O) groups excluding carboxylic acids is 2. The summed E-state index contributed by atoms with van der Waals surface area (Å²) in [5, 5.41) is 17.2. The lowest BCUT2D eigenvalue weighted by Crippen LogP contribution is -2.52. The third kappa shape index (κ3) is 5.57. The van der Waals surface area contributed by atoms with E-state index in [4.69, 9.17) is 0 Å². The molecule has 0 heterocycles. The van der Waals surface area contributed by atoms with E-state index in [0.29, 0.717) is 24.1 Å². The summed E-state index contributed by atoms with van der Waals surface area (Å²) in [6, 6.07) is 5.94. The zero-order valence-electron chi connectivity index (χ0n) is 14.5. The molecular weight excluding hydrogens is 310 g/mol. The average molecular weight is 335 g/mol. The van der Waals surface area contributed by atoms with Gasteiger partial charge in [-0.1, -0.05) is 13.3 Å². The number of amides is 3. The molecule has 0 aliphatic heterocycles. The molecule has 0 saturated carbocycles. The van der Waals surface area contributed by atoms with Crippen LogP contribution in [0.1, 0.15) is 50.9 Å². The molecule has 1 atom stereocenters. The van der Waals surface area contributed by atoms with Gasteiger partial charge in [-0.25, -0.2) is 9.59 Å². The second-order valence-corrected chi connectivity index (χ2v) is 6.17. The highest BCUT2D eigenvalue weighted by atomic mass is 16.4. The second-order valence-electron chi connectivity index (χ2n) is 6.17. The Labute approximate surface area is 141 Å². The number of anilines is 1. The van der Waals surface area contributed by atoms with Crippen molar-refractivity contribution in [3.05, 3.63) is 29.8 Å². The van der Waals surface area contributed by atoms with Crippen molar-refractivity contribution < 1.29 is 19.5 Å². The monoisotopic (exact) mass is 335 g/mol. The molecular formula is C17H25N3O4. The van der Waals surface area contributed by atoms with Crippen LogP contribution in [0.3, 0.4) is 0 Å². The van der Waals surface area contributed by atoms with E-state index in [1.54, 1.807) is 12.1 Å². The average Bonchev–Trinajstić information content (AvgIpc) is 2.46. The molecule has 4 N–H and O–H groups in total. The number of urea groups is 1. The van der Waals surface area contributed by atoms with Crippen LogP contribution in [-0.4, -0.2) is 34.6 Å². The first-order chi connectivity index (χ1) is 11.2. The maximum Gasteiger partial charge on any atom is 0.329 e. The Hall–Kier alpha value is -2.57. The lowest BCUT2D eigenvalue weighted by molar-refractivity contribution is -0.144. The van der Waals surface area contributed by atoms with Gasteiger partial charge in [0, 0.05) is 17.3 Å². The molecule has 1 aromatic carbocycles. The summed E-state index contributed by atoms with van der Waals surface area (Å²) in [5.41, 5.74) is -0.437. The molecule has 24 heavy (non-hydrogen) atoms. The molecule has 0 bridgehead atoms. The molecule has 1 rings (SSSR count). The Morgan fingerprint density at radius 3 is 2.21 bits per heavy atom.